The molecule has 2 fully saturated rings. The van der Waals surface area contributed by atoms with Crippen LogP contribution < -0.4 is 10.6 Å². The number of carbonyl (C=O) groups is 1. The summed E-state index contributed by atoms with van der Waals surface area (Å²) < 4.78 is 0. The van der Waals surface area contributed by atoms with Crippen molar-refractivity contribution >= 4 is 5.91 Å². The van der Waals surface area contributed by atoms with E-state index in [1.807, 2.05) is 4.90 Å². The average molecular weight is 254 g/mol. The first kappa shape index (κ1) is 13.8. The molecule has 2 atom stereocenters. The number of rotatable bonds is 2. The van der Waals surface area contributed by atoms with E-state index < -0.39 is 0 Å². The molecule has 0 aliphatic carbocycles. The van der Waals surface area contributed by atoms with Crippen molar-refractivity contribution in [1.29, 1.82) is 0 Å². The highest BCUT2D eigenvalue weighted by Gasteiger charge is 2.30. The van der Waals surface area contributed by atoms with Gasteiger partial charge in [0.05, 0.1) is 6.04 Å². The van der Waals surface area contributed by atoms with E-state index in [0.717, 1.165) is 39.0 Å². The van der Waals surface area contributed by atoms with E-state index in [2.05, 4.69) is 36.6 Å². The zero-order valence-electron chi connectivity index (χ0n) is 11.8. The lowest BCUT2D eigenvalue weighted by Crippen LogP contribution is -2.60. The number of nitrogens with one attached hydrogen (secondary N) is 2. The lowest BCUT2D eigenvalue weighted by Gasteiger charge is -2.38. The van der Waals surface area contributed by atoms with E-state index in [0.29, 0.717) is 12.1 Å². The van der Waals surface area contributed by atoms with Crippen LogP contribution in [0.2, 0.25) is 0 Å². The maximum atomic E-state index is 12.3. The Morgan fingerprint density at radius 2 is 1.83 bits per heavy atom. The van der Waals surface area contributed by atoms with E-state index in [4.69, 9.17) is 0 Å². The van der Waals surface area contributed by atoms with Gasteiger partial charge in [-0.05, 0) is 33.9 Å². The number of hydrogen-bond donors (Lipinski definition) is 2. The Hall–Kier alpha value is -0.650. The number of likely N-dealkylation sites (tertiary alicyclic amines) is 1. The summed E-state index contributed by atoms with van der Waals surface area (Å²) in [5.74, 6) is 0.270. The van der Waals surface area contributed by atoms with Gasteiger partial charge in [-0.2, -0.15) is 0 Å². The fourth-order valence-electron chi connectivity index (χ4n) is 2.78. The normalized spacial score (nSPS) is 30.8. The van der Waals surface area contributed by atoms with Crippen molar-refractivity contribution in [2.75, 3.05) is 40.3 Å². The van der Waals surface area contributed by atoms with Crippen LogP contribution in [-0.4, -0.2) is 74.1 Å². The summed E-state index contributed by atoms with van der Waals surface area (Å²) in [7, 11) is 4.24. The first-order valence-corrected chi connectivity index (χ1v) is 7.00. The standard InChI is InChI=1S/C13H26N4O/c1-10-8-15-12(9-14-10)13(18)17-6-4-11(5-7-17)16(2)3/h10-12,14-15H,4-9H2,1-3H3. The number of nitrogens with zero attached hydrogens (tertiary/aromatic N) is 2. The van der Waals surface area contributed by atoms with Crippen molar-refractivity contribution in [2.24, 2.45) is 0 Å². The minimum Gasteiger partial charge on any atom is -0.341 e. The maximum Gasteiger partial charge on any atom is 0.241 e. The molecule has 2 N–H and O–H groups in total. The molecule has 0 aromatic rings. The van der Waals surface area contributed by atoms with Gasteiger partial charge in [0.15, 0.2) is 0 Å². The van der Waals surface area contributed by atoms with E-state index in [1.54, 1.807) is 0 Å². The zero-order valence-corrected chi connectivity index (χ0v) is 11.8. The fourth-order valence-corrected chi connectivity index (χ4v) is 2.78. The van der Waals surface area contributed by atoms with Crippen molar-refractivity contribution in [1.82, 2.24) is 20.4 Å². The molecule has 104 valence electrons. The van der Waals surface area contributed by atoms with Gasteiger partial charge in [-0.3, -0.25) is 4.79 Å². The zero-order chi connectivity index (χ0) is 13.1. The third kappa shape index (κ3) is 3.22. The second-order valence-corrected chi connectivity index (χ2v) is 5.79. The van der Waals surface area contributed by atoms with E-state index in [9.17, 15) is 4.79 Å². The van der Waals surface area contributed by atoms with Crippen molar-refractivity contribution < 1.29 is 4.79 Å². The maximum absolute atomic E-state index is 12.3. The quantitative estimate of drug-likeness (QED) is 0.697. The summed E-state index contributed by atoms with van der Waals surface area (Å²) >= 11 is 0. The van der Waals surface area contributed by atoms with E-state index in [1.165, 1.54) is 0 Å². The third-order valence-corrected chi connectivity index (χ3v) is 4.15. The van der Waals surface area contributed by atoms with Gasteiger partial charge in [0.2, 0.25) is 5.91 Å². The highest BCUT2D eigenvalue weighted by molar-refractivity contribution is 5.82. The van der Waals surface area contributed by atoms with Crippen LogP contribution in [0.3, 0.4) is 0 Å². The van der Waals surface area contributed by atoms with Crippen molar-refractivity contribution in [3.63, 3.8) is 0 Å². The Balaban J connectivity index is 1.80. The second kappa shape index (κ2) is 5.99. The number of piperidine rings is 1. The number of piperazine rings is 1. The molecule has 0 spiro atoms. The summed E-state index contributed by atoms with van der Waals surface area (Å²) in [6.07, 6.45) is 2.19. The van der Waals surface area contributed by atoms with Gasteiger partial charge >= 0.3 is 0 Å². The molecular formula is C13H26N4O. The van der Waals surface area contributed by atoms with Crippen LogP contribution in [0.25, 0.3) is 0 Å². The first-order valence-electron chi connectivity index (χ1n) is 7.00. The van der Waals surface area contributed by atoms with Crippen molar-refractivity contribution in [2.45, 2.75) is 37.9 Å². The predicted molar refractivity (Wildman–Crippen MR) is 72.5 cm³/mol. The predicted octanol–water partition coefficient (Wildman–Crippen LogP) is -0.511. The Morgan fingerprint density at radius 3 is 2.33 bits per heavy atom. The lowest BCUT2D eigenvalue weighted by molar-refractivity contribution is -0.135. The van der Waals surface area contributed by atoms with Crippen LogP contribution in [0.1, 0.15) is 19.8 Å². The number of carbonyl (C=O) groups excluding carboxylic acids is 1. The monoisotopic (exact) mass is 254 g/mol. The van der Waals surface area contributed by atoms with Crippen LogP contribution in [0.15, 0.2) is 0 Å². The van der Waals surface area contributed by atoms with Gasteiger partial charge in [0, 0.05) is 38.3 Å². The van der Waals surface area contributed by atoms with Gasteiger partial charge in [-0.15, -0.1) is 0 Å². The SMILES string of the molecule is CC1CNC(C(=O)N2CCC(N(C)C)CC2)CN1. The molecule has 0 aromatic carbocycles. The molecule has 0 saturated carbocycles. The minimum absolute atomic E-state index is 0.0305. The molecular weight excluding hydrogens is 228 g/mol. The van der Waals surface area contributed by atoms with E-state index in [-0.39, 0.29) is 11.9 Å². The van der Waals surface area contributed by atoms with E-state index >= 15 is 0 Å². The molecule has 0 aromatic heterocycles. The molecule has 2 aliphatic rings. The smallest absolute Gasteiger partial charge is 0.241 e. The topological polar surface area (TPSA) is 47.6 Å². The minimum atomic E-state index is -0.0305. The van der Waals surface area contributed by atoms with Crippen LogP contribution in [0.4, 0.5) is 0 Å². The number of amides is 1. The molecule has 2 heterocycles. The molecule has 2 unspecified atom stereocenters. The summed E-state index contributed by atoms with van der Waals surface area (Å²) in [5.41, 5.74) is 0. The van der Waals surface area contributed by atoms with Gasteiger partial charge in [-0.25, -0.2) is 0 Å². The largest absolute Gasteiger partial charge is 0.341 e. The Bertz CT molecular complexity index is 279. The Kier molecular flexibility index (Phi) is 4.59. The van der Waals surface area contributed by atoms with Crippen LogP contribution in [-0.2, 0) is 4.79 Å². The molecule has 2 saturated heterocycles. The van der Waals surface area contributed by atoms with Crippen LogP contribution in [0.5, 0.6) is 0 Å². The Morgan fingerprint density at radius 1 is 1.17 bits per heavy atom. The second-order valence-electron chi connectivity index (χ2n) is 5.79. The summed E-state index contributed by atoms with van der Waals surface area (Å²) in [5, 5.41) is 6.70. The molecule has 2 rings (SSSR count). The van der Waals surface area contributed by atoms with Gasteiger partial charge in [-0.1, -0.05) is 0 Å². The molecule has 5 heteroatoms. The van der Waals surface area contributed by atoms with Gasteiger partial charge < -0.3 is 20.4 Å². The highest BCUT2D eigenvalue weighted by atomic mass is 16.2. The van der Waals surface area contributed by atoms with Crippen molar-refractivity contribution in [3.05, 3.63) is 0 Å². The van der Waals surface area contributed by atoms with Crippen LogP contribution >= 0.6 is 0 Å². The molecule has 0 radical (unpaired) electrons. The average Bonchev–Trinajstić information content (AvgIpc) is 2.39. The molecule has 0 bridgehead atoms. The van der Waals surface area contributed by atoms with Crippen molar-refractivity contribution in [3.8, 4) is 0 Å². The fraction of sp³-hybridized carbons (Fsp3) is 0.923. The molecule has 2 aliphatic heterocycles. The Labute approximate surface area is 110 Å². The van der Waals surface area contributed by atoms with Crippen LogP contribution in [0, 0.1) is 0 Å². The first-order chi connectivity index (χ1) is 8.58. The molecule has 18 heavy (non-hydrogen) atoms. The summed E-state index contributed by atoms with van der Waals surface area (Å²) in [6, 6.07) is 1.07. The number of hydrogen-bond acceptors (Lipinski definition) is 4. The third-order valence-electron chi connectivity index (χ3n) is 4.15. The van der Waals surface area contributed by atoms with Gasteiger partial charge in [0.25, 0.3) is 0 Å². The van der Waals surface area contributed by atoms with Gasteiger partial charge in [0.1, 0.15) is 0 Å². The molecule has 5 nitrogen and oxygen atoms in total. The highest BCUT2D eigenvalue weighted by Crippen LogP contribution is 2.15. The summed E-state index contributed by atoms with van der Waals surface area (Å²) in [6.45, 7) is 5.57. The lowest BCUT2D eigenvalue weighted by atomic mass is 10.0. The summed E-state index contributed by atoms with van der Waals surface area (Å²) in [4.78, 5) is 16.6. The molecule has 1 amide bonds.